The van der Waals surface area contributed by atoms with Crippen LogP contribution >= 0.6 is 0 Å². The normalized spacial score (nSPS) is 10.8. The molecule has 19 heteroatoms. The second kappa shape index (κ2) is 30.7. The molecule has 5 aromatic carbocycles. The Bertz CT molecular complexity index is 3470. The molecule has 0 fully saturated rings. The van der Waals surface area contributed by atoms with Gasteiger partial charge in [0.1, 0.15) is 67.8 Å². The summed E-state index contributed by atoms with van der Waals surface area (Å²) in [4.78, 5) is 76.4. The summed E-state index contributed by atoms with van der Waals surface area (Å²) < 4.78 is 25.3. The lowest BCUT2D eigenvalue weighted by Gasteiger charge is -2.17. The Labute approximate surface area is 488 Å². The first-order chi connectivity index (χ1) is 40.6. The lowest BCUT2D eigenvalue weighted by atomic mass is 10.1. The first-order valence-corrected chi connectivity index (χ1v) is 27.4. The first-order valence-electron chi connectivity index (χ1n) is 27.4. The van der Waals surface area contributed by atoms with Crippen molar-refractivity contribution in [3.05, 3.63) is 156 Å². The molecule has 0 aliphatic rings. The number of benzene rings is 5. The molecule has 0 saturated carbocycles. The first kappa shape index (κ1) is 63.9. The third kappa shape index (κ3) is 16.2. The monoisotopic (exact) mass is 1140 g/mol. The molecule has 4 aromatic heterocycles. The molecule has 0 unspecified atom stereocenters. The number of hydrogen-bond donors (Lipinski definition) is 7. The van der Waals surface area contributed by atoms with Crippen molar-refractivity contribution in [3.8, 4) is 23.0 Å². The Morgan fingerprint density at radius 2 is 0.571 bits per heavy atom. The highest BCUT2D eigenvalue weighted by atomic mass is 16.5. The second-order valence-electron chi connectivity index (χ2n) is 20.7. The van der Waals surface area contributed by atoms with Crippen molar-refractivity contribution in [2.75, 3.05) is 69.0 Å². The van der Waals surface area contributed by atoms with Gasteiger partial charge < -0.3 is 55.5 Å². The van der Waals surface area contributed by atoms with E-state index in [-0.39, 0.29) is 57.8 Å². The smallest absolute Gasteiger partial charge is 0.274 e. The van der Waals surface area contributed by atoms with E-state index in [1.54, 1.807) is 72.8 Å². The number of aliphatic hydroxyl groups is 3. The minimum atomic E-state index is -0.618. The molecule has 9 rings (SSSR count). The highest BCUT2D eigenvalue weighted by Crippen LogP contribution is 2.38. The van der Waals surface area contributed by atoms with Crippen LogP contribution in [0, 0.1) is 23.7 Å². The van der Waals surface area contributed by atoms with Gasteiger partial charge in [-0.2, -0.15) is 0 Å². The molecule has 4 amide bonds. The Morgan fingerprint density at radius 1 is 0.345 bits per heavy atom. The fraction of sp³-hybridized carbons (Fsp3) is 0.292. The Balaban J connectivity index is 0.00000183. The number of pyridine rings is 4. The number of carbonyl (C=O) groups excluding carboxylic acids is 4. The van der Waals surface area contributed by atoms with Gasteiger partial charge >= 0.3 is 0 Å². The fourth-order valence-electron chi connectivity index (χ4n) is 8.30. The van der Waals surface area contributed by atoms with Crippen molar-refractivity contribution in [3.63, 3.8) is 0 Å². The van der Waals surface area contributed by atoms with E-state index in [4.69, 9.17) is 54.2 Å². The third-order valence-electron chi connectivity index (χ3n) is 12.1. The minimum absolute atomic E-state index is 0.0171. The van der Waals surface area contributed by atoms with E-state index in [2.05, 4.69) is 21.3 Å². The molecule has 4 heterocycles. The van der Waals surface area contributed by atoms with Crippen molar-refractivity contribution in [2.24, 2.45) is 23.7 Å². The number of nitrogens with one attached hydrogen (secondary N) is 4. The average molecular weight is 1140 g/mol. The van der Waals surface area contributed by atoms with Crippen molar-refractivity contribution in [1.29, 1.82) is 0 Å². The minimum Gasteiger partial charge on any atom is -0.493 e. The van der Waals surface area contributed by atoms with Crippen LogP contribution in [0.5, 0.6) is 23.0 Å². The molecule has 0 aliphatic heterocycles. The molecule has 0 bridgehead atoms. The maximum atomic E-state index is 14.6. The summed E-state index contributed by atoms with van der Waals surface area (Å²) in [6, 6.07) is 38.7. The van der Waals surface area contributed by atoms with Gasteiger partial charge in [0.2, 0.25) is 0 Å². The zero-order valence-electron chi connectivity index (χ0n) is 49.2. The lowest BCUT2D eigenvalue weighted by molar-refractivity contribution is 0.101. The van der Waals surface area contributed by atoms with Crippen molar-refractivity contribution < 1.29 is 53.4 Å². The van der Waals surface area contributed by atoms with E-state index in [1.807, 2.05) is 116 Å². The van der Waals surface area contributed by atoms with Gasteiger partial charge in [-0.3, -0.25) is 19.2 Å². The van der Waals surface area contributed by atoms with Gasteiger partial charge in [-0.25, -0.2) is 19.9 Å². The summed E-state index contributed by atoms with van der Waals surface area (Å²) in [6.45, 7) is 17.6. The Kier molecular flexibility index (Phi) is 23.3. The van der Waals surface area contributed by atoms with Gasteiger partial charge in [-0.1, -0.05) is 104 Å². The van der Waals surface area contributed by atoms with Gasteiger partial charge in [0, 0.05) is 78.5 Å². The lowest BCUT2D eigenvalue weighted by Crippen LogP contribution is -2.19. The second-order valence-corrected chi connectivity index (χ2v) is 20.7. The molecule has 9 aromatic rings. The molecule has 84 heavy (non-hydrogen) atoms. The van der Waals surface area contributed by atoms with E-state index in [0.29, 0.717) is 104 Å². The van der Waals surface area contributed by atoms with Crippen LogP contribution in [0.3, 0.4) is 0 Å². The molecule has 0 aliphatic carbocycles. The standard InChI is InChI=1S/C62H62N8O8.3CH4O/c1-35(2)31-75-51-27-47(59(71)63-39-17-11-9-12-18-39)65-55-41(51)23-25-43-53(77-33-37(5)6)29-49(67-57(43)55)61(73)69-45-21-15-16-22-46(45)70-62(74)50-30-54(78-34-38(7)8)44-26-24-42-52(76-32-36(3)4)28-48(66-56(42)58(44)68-50)60(72)64-40-19-13-10-14-20-40;3*1-2/h9-30,35-38H,31-34H2,1-8H3,(H,63,71)(H,64,72)(H,69,73)(H,70,74);3*2H,1H3. The summed E-state index contributed by atoms with van der Waals surface area (Å²) >= 11 is 0. The number of hydrogen-bond acceptors (Lipinski definition) is 15. The molecule has 19 nitrogen and oxygen atoms in total. The summed E-state index contributed by atoms with van der Waals surface area (Å²) in [5.41, 5.74) is 3.12. The number of anilines is 4. The van der Waals surface area contributed by atoms with Crippen LogP contribution in [0.15, 0.2) is 133 Å². The molecule has 440 valence electrons. The molecule has 0 saturated heterocycles. The Hall–Kier alpha value is -9.30. The zero-order valence-corrected chi connectivity index (χ0v) is 49.2. The van der Waals surface area contributed by atoms with E-state index in [0.717, 1.165) is 21.3 Å². The fourth-order valence-corrected chi connectivity index (χ4v) is 8.30. The van der Waals surface area contributed by atoms with Gasteiger partial charge in [-0.15, -0.1) is 0 Å². The predicted octanol–water partition coefficient (Wildman–Crippen LogP) is 11.9. The van der Waals surface area contributed by atoms with Crippen molar-refractivity contribution >= 4 is 90.0 Å². The van der Waals surface area contributed by atoms with Crippen LogP contribution in [0.1, 0.15) is 97.3 Å². The average Bonchev–Trinajstić information content (AvgIpc) is 1.13. The Morgan fingerprint density at radius 3 is 0.810 bits per heavy atom. The molecule has 7 N–H and O–H groups in total. The summed E-state index contributed by atoms with van der Waals surface area (Å²) in [7, 11) is 3.00. The van der Waals surface area contributed by atoms with Crippen molar-refractivity contribution in [2.45, 2.75) is 55.4 Å². The number of rotatable bonds is 20. The number of carbonyl (C=O) groups is 4. The number of ether oxygens (including phenoxy) is 4. The summed E-state index contributed by atoms with van der Waals surface area (Å²) in [5.74, 6) is 0.103. The van der Waals surface area contributed by atoms with Crippen LogP contribution in [-0.4, -0.2) is 107 Å². The SMILES string of the molecule is CC(C)COc1cc(C(=O)Nc2ccccc2)nc2c1ccc1c(OCC(C)C)cc(C(=O)Nc3ccccc3NC(=O)c3cc(OCC(C)C)c4ccc5c(OCC(C)C)cc(C(=O)Nc6ccccc6)nc5c4n3)nc12.CO.CO.CO. The maximum Gasteiger partial charge on any atom is 0.274 e. The largest absolute Gasteiger partial charge is 0.493 e. The predicted molar refractivity (Wildman–Crippen MR) is 331 cm³/mol. The maximum absolute atomic E-state index is 14.6. The molecule has 0 spiro atoms. The van der Waals surface area contributed by atoms with Gasteiger partial charge in [0.25, 0.3) is 23.6 Å². The number of aromatic nitrogens is 4. The molecule has 0 atom stereocenters. The van der Waals surface area contributed by atoms with Crippen LogP contribution in [0.4, 0.5) is 22.7 Å². The number of para-hydroxylation sites is 4. The number of nitrogens with zero attached hydrogens (tertiary/aromatic N) is 4. The highest BCUT2D eigenvalue weighted by Gasteiger charge is 2.24. The number of fused-ring (bicyclic) bond motifs is 6. The van der Waals surface area contributed by atoms with Crippen LogP contribution in [0.25, 0.3) is 43.6 Å². The quantitative estimate of drug-likeness (QED) is 0.0350. The van der Waals surface area contributed by atoms with E-state index in [1.165, 1.54) is 0 Å². The highest BCUT2D eigenvalue weighted by molar-refractivity contribution is 6.15. The van der Waals surface area contributed by atoms with Gasteiger partial charge in [0.15, 0.2) is 0 Å². The van der Waals surface area contributed by atoms with Gasteiger partial charge in [0.05, 0.1) is 37.8 Å². The third-order valence-corrected chi connectivity index (χ3v) is 12.1. The van der Waals surface area contributed by atoms with Crippen LogP contribution in [-0.2, 0) is 0 Å². The van der Waals surface area contributed by atoms with Gasteiger partial charge in [-0.05, 0) is 84.3 Å². The summed E-state index contributed by atoms with van der Waals surface area (Å²) in [6.07, 6.45) is 0. The van der Waals surface area contributed by atoms with Crippen LogP contribution in [0.2, 0.25) is 0 Å². The van der Waals surface area contributed by atoms with Crippen molar-refractivity contribution in [1.82, 2.24) is 19.9 Å². The zero-order chi connectivity index (χ0) is 61.0. The van der Waals surface area contributed by atoms with E-state index >= 15 is 0 Å². The number of aliphatic hydroxyl groups excluding tert-OH is 3. The molecular weight excluding hydrogens is 1070 g/mol. The topological polar surface area (TPSA) is 266 Å². The molecular formula is C65H74N8O11. The summed E-state index contributed by atoms with van der Waals surface area (Å²) in [5, 5.41) is 35.1. The molecule has 0 radical (unpaired) electrons. The number of amides is 4. The van der Waals surface area contributed by atoms with E-state index < -0.39 is 23.6 Å². The van der Waals surface area contributed by atoms with E-state index in [9.17, 15) is 19.2 Å². The van der Waals surface area contributed by atoms with Crippen LogP contribution < -0.4 is 40.2 Å².